The van der Waals surface area contributed by atoms with Crippen molar-refractivity contribution < 1.29 is 4.79 Å². The molecule has 0 unspecified atom stereocenters. The molecule has 1 aliphatic rings. The Morgan fingerprint density at radius 2 is 2.29 bits per heavy atom. The molecule has 0 radical (unpaired) electrons. The molecule has 0 atom stereocenters. The lowest BCUT2D eigenvalue weighted by Gasteiger charge is -2.11. The van der Waals surface area contributed by atoms with E-state index in [0.717, 1.165) is 15.0 Å². The normalized spacial score (nSPS) is 16.0. The van der Waals surface area contributed by atoms with Crippen LogP contribution in [0.15, 0.2) is 29.4 Å². The van der Waals surface area contributed by atoms with Gasteiger partial charge in [0.05, 0.1) is 12.1 Å². The molecule has 1 aromatic carbocycles. The molecule has 14 heavy (non-hydrogen) atoms. The molecule has 0 saturated heterocycles. The number of rotatable bonds is 1. The van der Waals surface area contributed by atoms with Crippen LogP contribution in [0, 0.1) is 3.57 Å². The van der Waals surface area contributed by atoms with E-state index in [9.17, 15) is 4.79 Å². The van der Waals surface area contributed by atoms with Crippen LogP contribution in [0.4, 0.5) is 5.69 Å². The molecule has 0 N–H and O–H groups in total. The molecule has 1 amide bonds. The van der Waals surface area contributed by atoms with Crippen LogP contribution in [0.2, 0.25) is 0 Å². The average molecular weight is 298 g/mol. The highest BCUT2D eigenvalue weighted by Crippen LogP contribution is 2.21. The van der Waals surface area contributed by atoms with Gasteiger partial charge in [0.25, 0.3) is 5.91 Å². The van der Waals surface area contributed by atoms with E-state index in [2.05, 4.69) is 27.7 Å². The molecule has 0 bridgehead atoms. The van der Waals surface area contributed by atoms with E-state index in [0.29, 0.717) is 6.42 Å². The number of carbonyl (C=O) groups is 1. The van der Waals surface area contributed by atoms with Gasteiger partial charge in [0.1, 0.15) is 0 Å². The van der Waals surface area contributed by atoms with E-state index < -0.39 is 0 Å². The Morgan fingerprint density at radius 3 is 2.86 bits per heavy atom. The van der Waals surface area contributed by atoms with Gasteiger partial charge in [-0.1, -0.05) is 6.07 Å². The second kappa shape index (κ2) is 3.68. The number of amides is 1. The van der Waals surface area contributed by atoms with Gasteiger partial charge in [-0.25, -0.2) is 5.01 Å². The molecule has 4 heteroatoms. The number of halogens is 1. The minimum absolute atomic E-state index is 0.0458. The first-order valence-corrected chi connectivity index (χ1v) is 5.37. The van der Waals surface area contributed by atoms with Crippen LogP contribution in [0.3, 0.4) is 0 Å². The zero-order valence-corrected chi connectivity index (χ0v) is 9.85. The topological polar surface area (TPSA) is 32.7 Å². The first kappa shape index (κ1) is 9.64. The Labute approximate surface area is 95.9 Å². The molecule has 1 aromatic rings. The predicted molar refractivity (Wildman–Crippen MR) is 64.4 cm³/mol. The minimum atomic E-state index is 0.0458. The molecule has 0 saturated carbocycles. The number of hydrogen-bond acceptors (Lipinski definition) is 2. The number of anilines is 1. The van der Waals surface area contributed by atoms with E-state index >= 15 is 0 Å². The second-order valence-corrected chi connectivity index (χ2v) is 4.44. The molecule has 2 rings (SSSR count). The average Bonchev–Trinajstić information content (AvgIpc) is 2.45. The molecular formula is C10H9IN2O. The summed E-state index contributed by atoms with van der Waals surface area (Å²) in [5, 5.41) is 5.65. The molecule has 1 heterocycles. The third-order valence-electron chi connectivity index (χ3n) is 1.97. The van der Waals surface area contributed by atoms with E-state index in [4.69, 9.17) is 0 Å². The van der Waals surface area contributed by atoms with Gasteiger partial charge in [-0.05, 0) is 47.7 Å². The van der Waals surface area contributed by atoms with Gasteiger partial charge in [0.2, 0.25) is 0 Å². The number of hydrazone groups is 1. The largest absolute Gasteiger partial charge is 0.272 e. The lowest BCUT2D eigenvalue weighted by molar-refractivity contribution is -0.116. The number of hydrogen-bond donors (Lipinski definition) is 0. The summed E-state index contributed by atoms with van der Waals surface area (Å²) in [5.74, 6) is 0.0458. The standard InChI is InChI=1S/C10H9IN2O/c1-7-5-10(14)13(12-7)9-4-2-3-8(11)6-9/h2-4,6H,5H2,1H3/i11-2. The second-order valence-electron chi connectivity index (χ2n) is 3.20. The van der Waals surface area contributed by atoms with Gasteiger partial charge < -0.3 is 0 Å². The lowest BCUT2D eigenvalue weighted by Crippen LogP contribution is -2.19. The van der Waals surface area contributed by atoms with Gasteiger partial charge in [0.15, 0.2) is 0 Å². The van der Waals surface area contributed by atoms with E-state index in [-0.39, 0.29) is 5.91 Å². The van der Waals surface area contributed by atoms with Crippen molar-refractivity contribution in [2.75, 3.05) is 5.01 Å². The van der Waals surface area contributed by atoms with E-state index in [1.54, 1.807) is 0 Å². The fourth-order valence-corrected chi connectivity index (χ4v) is 1.89. The van der Waals surface area contributed by atoms with Crippen molar-refractivity contribution in [3.8, 4) is 0 Å². The summed E-state index contributed by atoms with van der Waals surface area (Å²) in [6.45, 7) is 1.87. The van der Waals surface area contributed by atoms with E-state index in [1.807, 2.05) is 31.2 Å². The van der Waals surface area contributed by atoms with Gasteiger partial charge in [-0.3, -0.25) is 4.79 Å². The monoisotopic (exact) mass is 298 g/mol. The molecule has 0 aliphatic carbocycles. The van der Waals surface area contributed by atoms with Crippen molar-refractivity contribution in [2.24, 2.45) is 5.10 Å². The number of benzene rings is 1. The number of carbonyl (C=O) groups excluding carboxylic acids is 1. The zero-order valence-electron chi connectivity index (χ0n) is 7.70. The molecular weight excluding hydrogens is 289 g/mol. The van der Waals surface area contributed by atoms with Crippen LogP contribution < -0.4 is 5.01 Å². The highest BCUT2D eigenvalue weighted by atomic mass is 125. The third kappa shape index (κ3) is 1.79. The molecule has 0 spiro atoms. The quantitative estimate of drug-likeness (QED) is 0.733. The van der Waals surface area contributed by atoms with Gasteiger partial charge in [-0.15, -0.1) is 0 Å². The lowest BCUT2D eigenvalue weighted by atomic mass is 10.3. The highest BCUT2D eigenvalue weighted by Gasteiger charge is 2.22. The first-order valence-electron chi connectivity index (χ1n) is 4.29. The molecule has 1 aliphatic heterocycles. The Morgan fingerprint density at radius 1 is 1.50 bits per heavy atom. The van der Waals surface area contributed by atoms with Crippen LogP contribution >= 0.6 is 22.6 Å². The number of nitrogens with zero attached hydrogens (tertiary/aromatic N) is 2. The summed E-state index contributed by atoms with van der Waals surface area (Å²) < 4.78 is 1.10. The highest BCUT2D eigenvalue weighted by molar-refractivity contribution is 14.1. The minimum Gasteiger partial charge on any atom is -0.272 e. The Kier molecular flexibility index (Phi) is 2.54. The molecule has 72 valence electrons. The summed E-state index contributed by atoms with van der Waals surface area (Å²) in [7, 11) is 0. The van der Waals surface area contributed by atoms with Gasteiger partial charge in [-0.2, -0.15) is 5.10 Å². The maximum Gasteiger partial charge on any atom is 0.253 e. The van der Waals surface area contributed by atoms with Crippen LogP contribution in [-0.4, -0.2) is 11.6 Å². The fraction of sp³-hybridized carbons (Fsp3) is 0.200. The van der Waals surface area contributed by atoms with Crippen LogP contribution in [-0.2, 0) is 4.79 Å². The summed E-state index contributed by atoms with van der Waals surface area (Å²) >= 11 is 2.22. The van der Waals surface area contributed by atoms with E-state index in [1.165, 1.54) is 5.01 Å². The summed E-state index contributed by atoms with van der Waals surface area (Å²) in [6.07, 6.45) is 0.436. The van der Waals surface area contributed by atoms with Crippen LogP contribution in [0.5, 0.6) is 0 Å². The zero-order chi connectivity index (χ0) is 10.1. The molecule has 3 nitrogen and oxygen atoms in total. The third-order valence-corrected chi connectivity index (χ3v) is 2.64. The Hall–Kier alpha value is -0.910. The molecule has 0 aromatic heterocycles. The van der Waals surface area contributed by atoms with Crippen molar-refractivity contribution >= 4 is 39.9 Å². The maximum atomic E-state index is 11.5. The Bertz CT molecular complexity index is 414. The van der Waals surface area contributed by atoms with Gasteiger partial charge in [0, 0.05) is 9.28 Å². The first-order chi connectivity index (χ1) is 6.66. The van der Waals surface area contributed by atoms with Crippen LogP contribution in [0.1, 0.15) is 13.3 Å². The SMILES string of the molecule is CC1=NN(c2cccc([125I])c2)C(=O)C1. The summed E-state index contributed by atoms with van der Waals surface area (Å²) in [4.78, 5) is 11.5. The predicted octanol–water partition coefficient (Wildman–Crippen LogP) is 2.40. The maximum absolute atomic E-state index is 11.5. The van der Waals surface area contributed by atoms with Crippen molar-refractivity contribution in [1.29, 1.82) is 0 Å². The van der Waals surface area contributed by atoms with Crippen molar-refractivity contribution in [2.45, 2.75) is 13.3 Å². The summed E-state index contributed by atoms with van der Waals surface area (Å²) in [6, 6.07) is 7.75. The Balaban J connectivity index is 2.36. The van der Waals surface area contributed by atoms with Crippen molar-refractivity contribution in [3.63, 3.8) is 0 Å². The van der Waals surface area contributed by atoms with Crippen LogP contribution in [0.25, 0.3) is 0 Å². The smallest absolute Gasteiger partial charge is 0.253 e. The van der Waals surface area contributed by atoms with Crippen molar-refractivity contribution in [3.05, 3.63) is 27.8 Å². The van der Waals surface area contributed by atoms with Gasteiger partial charge >= 0.3 is 0 Å². The fourth-order valence-electron chi connectivity index (χ4n) is 1.37. The summed E-state index contributed by atoms with van der Waals surface area (Å²) in [5.41, 5.74) is 1.72. The van der Waals surface area contributed by atoms with Crippen molar-refractivity contribution in [1.82, 2.24) is 0 Å². The molecule has 0 fully saturated rings.